The zero-order valence-electron chi connectivity index (χ0n) is 50.4. The van der Waals surface area contributed by atoms with Crippen molar-refractivity contribution in [3.05, 3.63) is 102 Å². The van der Waals surface area contributed by atoms with Crippen LogP contribution >= 0.6 is 11.3 Å². The molecule has 3 saturated heterocycles. The van der Waals surface area contributed by atoms with Crippen molar-refractivity contribution >= 4 is 52.7 Å². The molecule has 4 heterocycles. The highest BCUT2D eigenvalue weighted by molar-refractivity contribution is 7.17. The van der Waals surface area contributed by atoms with Gasteiger partial charge in [0.1, 0.15) is 58.6 Å². The number of benzene rings is 4. The molecule has 28 nitrogen and oxygen atoms in total. The van der Waals surface area contributed by atoms with Gasteiger partial charge in [0.25, 0.3) is 5.91 Å². The van der Waals surface area contributed by atoms with Crippen molar-refractivity contribution in [2.75, 3.05) is 59.7 Å². The Bertz CT molecular complexity index is 3320. The number of phenols is 1. The number of nitrogens with one attached hydrogen (secondary N) is 5. The van der Waals surface area contributed by atoms with Gasteiger partial charge in [-0.3, -0.25) is 33.6 Å². The molecule has 0 saturated carbocycles. The van der Waals surface area contributed by atoms with Gasteiger partial charge in [0, 0.05) is 88.2 Å². The van der Waals surface area contributed by atoms with Crippen LogP contribution in [0.2, 0.25) is 0 Å². The third kappa shape index (κ3) is 17.2. The Balaban J connectivity index is 1.05. The standard InChI is InChI=1S/C62H79N11O17S/c1-32-30-73-52(53(32)80)58(85)65-29-40(75)27-43(66-54(81)37-8-12-39(13-9-37)60-71-70-59(91-60)38-10-6-35(7-11-38)36-14-16-42(17-15-36)89-23-4-22-88-3)55(82)67-49(33(2)74)61(86)72-31-41(76)28-44(72)56(83)68-50(57(84)69-51(62(73)87)46(78)19-20-63)47(79)25-34-5-18-45(77)48(26-34)90-24-21-64/h5-18,26,32-33,40-41,43-44,46-47,49-53,74-80H,4,19-25,27-31,63-64H2,1-3H3,(H,65,85)(H,66,81)(H,67,82)(H,68,83)(H,69,84)/t32-,33+,40+,41+,43-,44-,46+,47+,49-,50-,51-,52-,53-/m0/s1. The maximum Gasteiger partial charge on any atom is 0.251 e. The minimum absolute atomic E-state index is 0.00750. The number of methoxy groups -OCH3 is 1. The fraction of sp³-hybridized carbons (Fsp3) is 0.468. The summed E-state index contributed by atoms with van der Waals surface area (Å²) in [5, 5.41) is 101. The van der Waals surface area contributed by atoms with Gasteiger partial charge < -0.3 is 97.8 Å². The lowest BCUT2D eigenvalue weighted by Crippen LogP contribution is -2.64. The fourth-order valence-corrected chi connectivity index (χ4v) is 11.8. The molecule has 3 aliphatic heterocycles. The van der Waals surface area contributed by atoms with Crippen molar-refractivity contribution < 1.29 is 83.5 Å². The molecule has 490 valence electrons. The van der Waals surface area contributed by atoms with Crippen molar-refractivity contribution in [1.29, 1.82) is 0 Å². The van der Waals surface area contributed by atoms with Crippen LogP contribution in [0.25, 0.3) is 32.3 Å². The monoisotopic (exact) mass is 1280 g/mol. The predicted molar refractivity (Wildman–Crippen MR) is 329 cm³/mol. The number of nitrogens with two attached hydrogens (primary N) is 2. The molecule has 1 aromatic heterocycles. The Morgan fingerprint density at radius 3 is 1.95 bits per heavy atom. The molecule has 3 aliphatic rings. The zero-order valence-corrected chi connectivity index (χ0v) is 51.2. The summed E-state index contributed by atoms with van der Waals surface area (Å²) in [6.07, 6.45) is -11.1. The number of aromatic nitrogens is 2. The fourth-order valence-electron chi connectivity index (χ4n) is 11.0. The normalized spacial score (nSPS) is 24.8. The minimum atomic E-state index is -2.05. The lowest BCUT2D eigenvalue weighted by molar-refractivity contribution is -0.147. The second-order valence-electron chi connectivity index (χ2n) is 22.8. The van der Waals surface area contributed by atoms with Crippen molar-refractivity contribution in [3.63, 3.8) is 0 Å². The maximum atomic E-state index is 14.7. The van der Waals surface area contributed by atoms with E-state index in [2.05, 4.69) is 36.8 Å². The number of carbonyl (C=O) groups is 7. The second-order valence-corrected chi connectivity index (χ2v) is 23.8. The molecule has 13 atom stereocenters. The van der Waals surface area contributed by atoms with E-state index < -0.39 is 152 Å². The van der Waals surface area contributed by atoms with Crippen molar-refractivity contribution in [3.8, 4) is 49.5 Å². The molecule has 4 aromatic carbocycles. The van der Waals surface area contributed by atoms with E-state index in [1.165, 1.54) is 48.6 Å². The molecule has 3 fully saturated rings. The molecular weight excluding hydrogens is 1200 g/mol. The zero-order chi connectivity index (χ0) is 65.6. The molecule has 0 spiro atoms. The molecule has 0 bridgehead atoms. The average Bonchev–Trinajstić information content (AvgIpc) is 1.72. The van der Waals surface area contributed by atoms with Gasteiger partial charge in [0.05, 0.1) is 43.2 Å². The van der Waals surface area contributed by atoms with Crippen LogP contribution in [0.4, 0.5) is 0 Å². The van der Waals surface area contributed by atoms with Gasteiger partial charge in [-0.05, 0) is 73.0 Å². The molecule has 0 unspecified atom stereocenters. The highest BCUT2D eigenvalue weighted by atomic mass is 32.1. The van der Waals surface area contributed by atoms with E-state index in [0.717, 1.165) is 45.6 Å². The van der Waals surface area contributed by atoms with E-state index in [9.17, 15) is 69.3 Å². The third-order valence-corrected chi connectivity index (χ3v) is 17.0. The van der Waals surface area contributed by atoms with Gasteiger partial charge in [0.2, 0.25) is 35.4 Å². The number of ether oxygens (including phenoxy) is 3. The van der Waals surface area contributed by atoms with Crippen LogP contribution in [0.1, 0.15) is 55.5 Å². The van der Waals surface area contributed by atoms with Crippen molar-refractivity contribution in [2.24, 2.45) is 17.4 Å². The predicted octanol–water partition coefficient (Wildman–Crippen LogP) is -1.71. The Morgan fingerprint density at radius 1 is 0.692 bits per heavy atom. The minimum Gasteiger partial charge on any atom is -0.504 e. The lowest BCUT2D eigenvalue weighted by Gasteiger charge is -2.34. The Kier molecular flexibility index (Phi) is 23.9. The largest absolute Gasteiger partial charge is 0.504 e. The van der Waals surface area contributed by atoms with E-state index in [1.807, 2.05) is 48.5 Å². The lowest BCUT2D eigenvalue weighted by atomic mass is 9.98. The van der Waals surface area contributed by atoms with Gasteiger partial charge in [0.15, 0.2) is 11.5 Å². The van der Waals surface area contributed by atoms with Gasteiger partial charge in [-0.1, -0.05) is 72.9 Å². The van der Waals surface area contributed by atoms with Crippen LogP contribution in [-0.4, -0.2) is 230 Å². The van der Waals surface area contributed by atoms with E-state index in [4.69, 9.17) is 25.7 Å². The smallest absolute Gasteiger partial charge is 0.251 e. The van der Waals surface area contributed by atoms with Crippen LogP contribution in [0.5, 0.6) is 17.2 Å². The second kappa shape index (κ2) is 31.7. The number of nitrogens with zero attached hydrogens (tertiary/aromatic N) is 4. The number of amides is 7. The van der Waals surface area contributed by atoms with E-state index in [0.29, 0.717) is 28.8 Å². The number of fused-ring (bicyclic) bond motifs is 2. The molecule has 5 aromatic rings. The number of aromatic hydroxyl groups is 1. The van der Waals surface area contributed by atoms with Gasteiger partial charge in [-0.25, -0.2) is 0 Å². The van der Waals surface area contributed by atoms with Crippen LogP contribution in [-0.2, 0) is 39.9 Å². The van der Waals surface area contributed by atoms with Gasteiger partial charge in [-0.2, -0.15) is 0 Å². The van der Waals surface area contributed by atoms with E-state index in [1.54, 1.807) is 19.2 Å². The number of β-amino-alcohol motifs (C(OH)–C–C–N with tert-alkyl or cyclic N) is 1. The van der Waals surface area contributed by atoms with Crippen LogP contribution in [0, 0.1) is 5.92 Å². The highest BCUT2D eigenvalue weighted by Crippen LogP contribution is 2.33. The first-order valence-corrected chi connectivity index (χ1v) is 30.7. The Hall–Kier alpha value is -8.23. The van der Waals surface area contributed by atoms with E-state index in [-0.39, 0.29) is 55.3 Å². The van der Waals surface area contributed by atoms with Crippen LogP contribution in [0.3, 0.4) is 0 Å². The van der Waals surface area contributed by atoms with Crippen LogP contribution < -0.4 is 47.5 Å². The molecular formula is C62H79N11O17S. The highest BCUT2D eigenvalue weighted by Gasteiger charge is 2.50. The molecule has 0 aliphatic carbocycles. The van der Waals surface area contributed by atoms with Gasteiger partial charge in [-0.15, -0.1) is 10.2 Å². The number of hydrogen-bond acceptors (Lipinski definition) is 22. The summed E-state index contributed by atoms with van der Waals surface area (Å²) in [6.45, 7) is 2.19. The number of aliphatic hydroxyl groups is 6. The van der Waals surface area contributed by atoms with E-state index >= 15 is 0 Å². The summed E-state index contributed by atoms with van der Waals surface area (Å²) in [4.78, 5) is 103. The summed E-state index contributed by atoms with van der Waals surface area (Å²) in [5.74, 6) is -7.94. The first kappa shape index (κ1) is 68.7. The Labute approximate surface area is 528 Å². The molecule has 7 amide bonds. The summed E-state index contributed by atoms with van der Waals surface area (Å²) in [6, 6.07) is 14.7. The molecule has 0 radical (unpaired) electrons. The number of hydrogen-bond donors (Lipinski definition) is 14. The summed E-state index contributed by atoms with van der Waals surface area (Å²) in [7, 11) is 1.64. The first-order valence-electron chi connectivity index (χ1n) is 29.9. The molecule has 8 rings (SSSR count). The van der Waals surface area contributed by atoms with Crippen LogP contribution in [0.15, 0.2) is 91.0 Å². The summed E-state index contributed by atoms with van der Waals surface area (Å²) >= 11 is 1.31. The third-order valence-electron chi connectivity index (χ3n) is 16.0. The van der Waals surface area contributed by atoms with Gasteiger partial charge >= 0.3 is 0 Å². The molecule has 91 heavy (non-hydrogen) atoms. The number of phenolic OH excluding ortho intramolecular Hbond substituents is 1. The summed E-state index contributed by atoms with van der Waals surface area (Å²) in [5.41, 5.74) is 15.0. The SMILES string of the molecule is COCCCOc1ccc(-c2ccc(-c3nnc(-c4ccc(C(=O)N[C@H]5C[C@@H](O)CNC(=O)[C@@H]6[C@@H](O)[C@@H](C)CN6C(=O)[C@H]([C@H](O)CCN)NC(=O)[C@H]([C@H](O)Cc6ccc(O)c(OCCN)c6)NC(=O)[C@@H]6C[C@@H](O)CN6C(=O)[C@H]([C@@H](C)O)NC5=O)cc4)s3)cc2)cc1. The quantitative estimate of drug-likeness (QED) is 0.0386. The number of rotatable bonds is 20. The number of carbonyl (C=O) groups excluding carboxylic acids is 7. The molecule has 29 heteroatoms. The van der Waals surface area contributed by atoms with Crippen molar-refractivity contribution in [2.45, 2.75) is 119 Å². The van der Waals surface area contributed by atoms with Crippen molar-refractivity contribution in [1.82, 2.24) is 46.6 Å². The average molecular weight is 1280 g/mol. The first-order chi connectivity index (χ1) is 43.6. The topological polar surface area (TPSA) is 433 Å². The Morgan fingerprint density at radius 2 is 1.31 bits per heavy atom. The maximum absolute atomic E-state index is 14.7. The summed E-state index contributed by atoms with van der Waals surface area (Å²) < 4.78 is 16.4. The number of aliphatic hydroxyl groups excluding tert-OH is 6. The molecule has 16 N–H and O–H groups in total.